The summed E-state index contributed by atoms with van der Waals surface area (Å²) in [5.41, 5.74) is 0.252. The summed E-state index contributed by atoms with van der Waals surface area (Å²) in [4.78, 5) is 37.6. The van der Waals surface area contributed by atoms with Crippen LogP contribution in [0.15, 0.2) is 64.1 Å². The van der Waals surface area contributed by atoms with E-state index in [-0.39, 0.29) is 20.6 Å². The van der Waals surface area contributed by atoms with E-state index in [0.717, 1.165) is 16.7 Å². The molecule has 0 atom stereocenters. The molecule has 32 heavy (non-hydrogen) atoms. The maximum Gasteiger partial charge on any atom is 0.345 e. The minimum atomic E-state index is -3.97. The molecule has 0 radical (unpaired) electrons. The first-order valence-electron chi connectivity index (χ1n) is 8.60. The van der Waals surface area contributed by atoms with Crippen molar-refractivity contribution >= 4 is 65.0 Å². The van der Waals surface area contributed by atoms with Gasteiger partial charge in [0, 0.05) is 10.2 Å². The summed E-state index contributed by atoms with van der Waals surface area (Å²) in [5.74, 6) is -1.69. The van der Waals surface area contributed by atoms with Crippen molar-refractivity contribution in [3.8, 4) is 0 Å². The van der Waals surface area contributed by atoms with Gasteiger partial charge in [0.1, 0.15) is 6.20 Å². The number of rotatable bonds is 8. The number of aromatic nitrogens is 1. The third kappa shape index (κ3) is 6.09. The van der Waals surface area contributed by atoms with E-state index in [2.05, 4.69) is 31.0 Å². The average Bonchev–Trinajstić information content (AvgIpc) is 3.22. The van der Waals surface area contributed by atoms with Crippen LogP contribution in [0.2, 0.25) is 0 Å². The number of nitrogens with one attached hydrogen (secondary N) is 2. The number of nitrogens with zero attached hydrogens (tertiary/aromatic N) is 2. The molecule has 1 aromatic heterocycles. The lowest BCUT2D eigenvalue weighted by molar-refractivity contribution is -0.380. The number of sulfonamides is 1. The molecule has 3 rings (SSSR count). The summed E-state index contributed by atoms with van der Waals surface area (Å²) in [6.45, 7) is -0.694. The molecule has 1 amide bonds. The third-order valence-electron chi connectivity index (χ3n) is 3.73. The molecular weight excluding hydrogens is 528 g/mol. The topological polar surface area (TPSA) is 158 Å². The Hall–Kier alpha value is -3.36. The number of amides is 1. The van der Waals surface area contributed by atoms with Gasteiger partial charge in [-0.25, -0.2) is 18.2 Å². The molecule has 2 aromatic carbocycles. The molecule has 0 unspecified atom stereocenters. The van der Waals surface area contributed by atoms with Gasteiger partial charge >= 0.3 is 11.0 Å². The highest BCUT2D eigenvalue weighted by molar-refractivity contribution is 9.10. The van der Waals surface area contributed by atoms with Crippen LogP contribution in [0.5, 0.6) is 0 Å². The van der Waals surface area contributed by atoms with Crippen molar-refractivity contribution in [1.82, 2.24) is 4.98 Å². The number of carbonyl (C=O) groups excluding carboxylic acids is 2. The Bertz CT molecular complexity index is 1280. The maximum atomic E-state index is 12.6. The lowest BCUT2D eigenvalue weighted by Gasteiger charge is -2.10. The molecule has 0 fully saturated rings. The predicted molar refractivity (Wildman–Crippen MR) is 119 cm³/mol. The molecule has 0 aliphatic rings. The van der Waals surface area contributed by atoms with E-state index >= 15 is 0 Å². The van der Waals surface area contributed by atoms with Crippen LogP contribution in [-0.2, 0) is 19.6 Å². The van der Waals surface area contributed by atoms with Crippen LogP contribution < -0.4 is 10.0 Å². The van der Waals surface area contributed by atoms with Crippen LogP contribution in [0.4, 0.5) is 15.8 Å². The predicted octanol–water partition coefficient (Wildman–Crippen LogP) is 3.41. The Kier molecular flexibility index (Phi) is 7.17. The van der Waals surface area contributed by atoms with Crippen molar-refractivity contribution in [2.75, 3.05) is 16.6 Å². The number of thiazole rings is 1. The molecule has 0 aliphatic heterocycles. The van der Waals surface area contributed by atoms with E-state index in [4.69, 9.17) is 4.74 Å². The molecule has 2 N–H and O–H groups in total. The molecular formula is C18H13BrN4O7S2. The Morgan fingerprint density at radius 1 is 1.19 bits per heavy atom. The first-order chi connectivity index (χ1) is 15.1. The fourth-order valence-corrected chi connectivity index (χ4v) is 4.32. The Balaban J connectivity index is 1.62. The highest BCUT2D eigenvalue weighted by atomic mass is 79.9. The summed E-state index contributed by atoms with van der Waals surface area (Å²) in [6, 6.07) is 11.6. The van der Waals surface area contributed by atoms with Crippen molar-refractivity contribution in [2.24, 2.45) is 0 Å². The van der Waals surface area contributed by atoms with Crippen LogP contribution in [0.3, 0.4) is 0 Å². The lowest BCUT2D eigenvalue weighted by Crippen LogP contribution is -2.21. The Labute approximate surface area is 193 Å². The van der Waals surface area contributed by atoms with Gasteiger partial charge < -0.3 is 4.74 Å². The van der Waals surface area contributed by atoms with Crippen LogP contribution in [0.25, 0.3) is 0 Å². The van der Waals surface area contributed by atoms with Crippen LogP contribution in [-0.4, -0.2) is 36.8 Å². The summed E-state index contributed by atoms with van der Waals surface area (Å²) in [5, 5.41) is 12.6. The Morgan fingerprint density at radius 3 is 2.56 bits per heavy atom. The maximum absolute atomic E-state index is 12.6. The highest BCUT2D eigenvalue weighted by Crippen LogP contribution is 2.25. The molecule has 3 aromatic rings. The SMILES string of the molecule is O=C(COC(=O)c1cccc(S(=O)(=O)Nc2ccc(Br)cc2)c1)Nc1ncc([N+](=O)[O-])s1. The monoisotopic (exact) mass is 540 g/mol. The average molecular weight is 541 g/mol. The van der Waals surface area contributed by atoms with Crippen molar-refractivity contribution in [2.45, 2.75) is 4.90 Å². The zero-order valence-corrected chi connectivity index (χ0v) is 19.1. The van der Waals surface area contributed by atoms with E-state index in [1.807, 2.05) is 0 Å². The number of halogens is 1. The quantitative estimate of drug-likeness (QED) is 0.250. The van der Waals surface area contributed by atoms with Gasteiger partial charge in [-0.2, -0.15) is 0 Å². The van der Waals surface area contributed by atoms with E-state index in [1.165, 1.54) is 18.2 Å². The highest BCUT2D eigenvalue weighted by Gasteiger charge is 2.19. The molecule has 0 bridgehead atoms. The van der Waals surface area contributed by atoms with Gasteiger partial charge in [0.05, 0.1) is 15.4 Å². The molecule has 0 spiro atoms. The van der Waals surface area contributed by atoms with Gasteiger partial charge in [-0.15, -0.1) is 0 Å². The normalized spacial score (nSPS) is 10.9. The van der Waals surface area contributed by atoms with E-state index < -0.39 is 33.4 Å². The number of anilines is 2. The number of esters is 1. The molecule has 0 saturated carbocycles. The third-order valence-corrected chi connectivity index (χ3v) is 6.50. The number of carbonyl (C=O) groups is 2. The zero-order valence-electron chi connectivity index (χ0n) is 15.8. The van der Waals surface area contributed by atoms with Gasteiger partial charge in [0.2, 0.25) is 0 Å². The largest absolute Gasteiger partial charge is 0.452 e. The fraction of sp³-hybridized carbons (Fsp3) is 0.0556. The number of ether oxygens (including phenoxy) is 1. The second-order valence-electron chi connectivity index (χ2n) is 6.03. The van der Waals surface area contributed by atoms with Crippen LogP contribution >= 0.6 is 27.3 Å². The summed E-state index contributed by atoms with van der Waals surface area (Å²) in [7, 11) is -3.97. The summed E-state index contributed by atoms with van der Waals surface area (Å²) < 4.78 is 33.2. The van der Waals surface area contributed by atoms with E-state index in [0.29, 0.717) is 17.0 Å². The smallest absolute Gasteiger partial charge is 0.345 e. The summed E-state index contributed by atoms with van der Waals surface area (Å²) >= 11 is 3.91. The first kappa shape index (κ1) is 23.3. The van der Waals surface area contributed by atoms with Crippen molar-refractivity contribution in [3.63, 3.8) is 0 Å². The number of hydrogen-bond donors (Lipinski definition) is 2. The van der Waals surface area contributed by atoms with Crippen LogP contribution in [0, 0.1) is 10.1 Å². The minimum absolute atomic E-state index is 0.0233. The van der Waals surface area contributed by atoms with Gasteiger partial charge in [0.15, 0.2) is 11.7 Å². The molecule has 1 heterocycles. The van der Waals surface area contributed by atoms with Gasteiger partial charge in [-0.1, -0.05) is 22.0 Å². The standard InChI is InChI=1S/C18H13BrN4O7S2/c19-12-4-6-13(7-5-12)22-32(28,29)14-3-1-2-11(8-14)17(25)30-10-15(24)21-18-20-9-16(31-18)23(26)27/h1-9,22H,10H2,(H,20,21,24). The summed E-state index contributed by atoms with van der Waals surface area (Å²) in [6.07, 6.45) is 0.987. The van der Waals surface area contributed by atoms with E-state index in [9.17, 15) is 28.1 Å². The van der Waals surface area contributed by atoms with Crippen LogP contribution in [0.1, 0.15) is 10.4 Å². The second kappa shape index (κ2) is 9.84. The van der Waals surface area contributed by atoms with Gasteiger partial charge in [-0.3, -0.25) is 24.9 Å². The molecule has 0 aliphatic carbocycles. The number of nitro groups is 1. The van der Waals surface area contributed by atoms with Gasteiger partial charge in [0.25, 0.3) is 15.9 Å². The second-order valence-corrected chi connectivity index (χ2v) is 9.63. The molecule has 0 saturated heterocycles. The molecule has 11 nitrogen and oxygen atoms in total. The number of benzene rings is 2. The van der Waals surface area contributed by atoms with Crippen molar-refractivity contribution in [1.29, 1.82) is 0 Å². The van der Waals surface area contributed by atoms with E-state index in [1.54, 1.807) is 24.3 Å². The molecule has 166 valence electrons. The first-order valence-corrected chi connectivity index (χ1v) is 11.7. The van der Waals surface area contributed by atoms with Gasteiger partial charge in [-0.05, 0) is 53.8 Å². The number of hydrogen-bond acceptors (Lipinski definition) is 9. The lowest BCUT2D eigenvalue weighted by atomic mass is 10.2. The van der Waals surface area contributed by atoms with Crippen molar-refractivity contribution < 1.29 is 27.7 Å². The fourth-order valence-electron chi connectivity index (χ4n) is 2.30. The zero-order chi connectivity index (χ0) is 23.3. The Morgan fingerprint density at radius 2 is 1.91 bits per heavy atom. The molecule has 14 heteroatoms. The minimum Gasteiger partial charge on any atom is -0.452 e. The van der Waals surface area contributed by atoms with Crippen molar-refractivity contribution in [3.05, 3.63) is 74.9 Å².